The number of carbonyl (C=O) groups excluding carboxylic acids is 1. The highest BCUT2D eigenvalue weighted by Gasteiger charge is 2.18. The molecule has 0 saturated heterocycles. The third kappa shape index (κ3) is 55.8. The fourth-order valence-corrected chi connectivity index (χ4v) is 10.1. The molecule has 404 valence electrons. The first-order valence-electron chi connectivity index (χ1n) is 31.6. The Morgan fingerprint density at radius 2 is 0.574 bits per heavy atom. The van der Waals surface area contributed by atoms with Crippen LogP contribution < -0.4 is 5.32 Å². The van der Waals surface area contributed by atoms with Gasteiger partial charge < -0.3 is 15.5 Å². The molecule has 2 atom stereocenters. The molecule has 0 saturated carbocycles. The standard InChI is InChI=1S/C64H125NO3/c1-3-5-7-9-11-13-15-17-19-20-21-22-23-24-25-26-27-28-29-30-31-32-33-34-35-36-37-38-39-40-41-42-43-44-46-48-50-52-54-56-58-60-64(68)65-62(61-66)63(67)59-57-55-53-51-49-47-45-18-16-14-12-10-8-6-4-2/h49,51,57,59,62-63,66-67H,3-48,50,52-56,58,60-61H2,1-2H3,(H,65,68)/b51-49+,59-57+. The van der Waals surface area contributed by atoms with Gasteiger partial charge in [-0.05, 0) is 32.1 Å². The lowest BCUT2D eigenvalue weighted by molar-refractivity contribution is -0.123. The van der Waals surface area contributed by atoms with Gasteiger partial charge in [-0.25, -0.2) is 0 Å². The van der Waals surface area contributed by atoms with Crippen molar-refractivity contribution in [2.75, 3.05) is 6.61 Å². The Balaban J connectivity index is 3.35. The van der Waals surface area contributed by atoms with E-state index >= 15 is 0 Å². The van der Waals surface area contributed by atoms with Gasteiger partial charge in [0.1, 0.15) is 0 Å². The summed E-state index contributed by atoms with van der Waals surface area (Å²) < 4.78 is 0. The summed E-state index contributed by atoms with van der Waals surface area (Å²) in [7, 11) is 0. The summed E-state index contributed by atoms with van der Waals surface area (Å²) in [4.78, 5) is 12.5. The Labute approximate surface area is 428 Å². The Morgan fingerprint density at radius 3 is 0.853 bits per heavy atom. The predicted octanol–water partition coefficient (Wildman–Crippen LogP) is 21.0. The van der Waals surface area contributed by atoms with Gasteiger partial charge in [0.25, 0.3) is 0 Å². The van der Waals surface area contributed by atoms with E-state index in [0.29, 0.717) is 6.42 Å². The second kappa shape index (κ2) is 60.2. The first kappa shape index (κ1) is 66.9. The number of hydrogen-bond donors (Lipinski definition) is 3. The molecule has 0 radical (unpaired) electrons. The van der Waals surface area contributed by atoms with Gasteiger partial charge in [-0.1, -0.05) is 346 Å². The molecular formula is C64H125NO3. The zero-order valence-electron chi connectivity index (χ0n) is 46.7. The molecule has 0 heterocycles. The van der Waals surface area contributed by atoms with Crippen LogP contribution in [0.4, 0.5) is 0 Å². The molecule has 4 nitrogen and oxygen atoms in total. The summed E-state index contributed by atoms with van der Waals surface area (Å²) in [6.07, 6.45) is 81.1. The zero-order valence-corrected chi connectivity index (χ0v) is 46.7. The highest BCUT2D eigenvalue weighted by Crippen LogP contribution is 2.19. The summed E-state index contributed by atoms with van der Waals surface area (Å²) in [6.45, 7) is 4.33. The first-order valence-corrected chi connectivity index (χ1v) is 31.6. The molecule has 2 unspecified atom stereocenters. The van der Waals surface area contributed by atoms with Crippen molar-refractivity contribution < 1.29 is 15.0 Å². The van der Waals surface area contributed by atoms with Crippen molar-refractivity contribution in [1.82, 2.24) is 5.32 Å². The molecule has 0 aliphatic heterocycles. The molecule has 0 rings (SSSR count). The van der Waals surface area contributed by atoms with Crippen molar-refractivity contribution >= 4 is 5.91 Å². The lowest BCUT2D eigenvalue weighted by Crippen LogP contribution is -2.45. The molecular weight excluding hydrogens is 831 g/mol. The van der Waals surface area contributed by atoms with Crippen molar-refractivity contribution in [2.45, 2.75) is 373 Å². The van der Waals surface area contributed by atoms with Gasteiger partial charge in [0.05, 0.1) is 18.8 Å². The molecule has 0 aromatic rings. The minimum Gasteiger partial charge on any atom is -0.394 e. The van der Waals surface area contributed by atoms with Crippen LogP contribution in [0.5, 0.6) is 0 Å². The molecule has 0 aliphatic rings. The van der Waals surface area contributed by atoms with Crippen molar-refractivity contribution in [3.05, 3.63) is 24.3 Å². The fraction of sp³-hybridized carbons (Fsp3) is 0.922. The van der Waals surface area contributed by atoms with Crippen molar-refractivity contribution in [2.24, 2.45) is 0 Å². The third-order valence-corrected chi connectivity index (χ3v) is 14.9. The molecule has 3 N–H and O–H groups in total. The van der Waals surface area contributed by atoms with Crippen LogP contribution in [0, 0.1) is 0 Å². The summed E-state index contributed by atoms with van der Waals surface area (Å²) in [5, 5.41) is 23.1. The van der Waals surface area contributed by atoms with E-state index in [0.717, 1.165) is 32.1 Å². The maximum Gasteiger partial charge on any atom is 0.220 e. The second-order valence-electron chi connectivity index (χ2n) is 21.8. The number of aliphatic hydroxyl groups excluding tert-OH is 2. The van der Waals surface area contributed by atoms with E-state index in [2.05, 4.69) is 31.3 Å². The zero-order chi connectivity index (χ0) is 49.2. The van der Waals surface area contributed by atoms with Gasteiger partial charge in [0.15, 0.2) is 0 Å². The number of unbranched alkanes of at least 4 members (excludes halogenated alkanes) is 50. The summed E-state index contributed by atoms with van der Waals surface area (Å²) in [5.74, 6) is -0.0670. The summed E-state index contributed by atoms with van der Waals surface area (Å²) in [5.41, 5.74) is 0. The Morgan fingerprint density at radius 1 is 0.338 bits per heavy atom. The normalized spacial score (nSPS) is 12.8. The molecule has 0 aliphatic carbocycles. The summed E-state index contributed by atoms with van der Waals surface area (Å²) >= 11 is 0. The number of aliphatic hydroxyl groups is 2. The highest BCUT2D eigenvalue weighted by molar-refractivity contribution is 5.76. The lowest BCUT2D eigenvalue weighted by Gasteiger charge is -2.19. The lowest BCUT2D eigenvalue weighted by atomic mass is 10.0. The van der Waals surface area contributed by atoms with E-state index in [9.17, 15) is 15.0 Å². The Bertz CT molecular complexity index is 994. The van der Waals surface area contributed by atoms with Crippen molar-refractivity contribution in [3.63, 3.8) is 0 Å². The first-order chi connectivity index (χ1) is 33.7. The molecule has 4 heteroatoms. The average molecular weight is 957 g/mol. The predicted molar refractivity (Wildman–Crippen MR) is 304 cm³/mol. The number of rotatable bonds is 59. The SMILES string of the molecule is CCCCCCCCCCC/C=C/CC/C=C/C(O)C(CO)NC(=O)CCCCCCCCCCCCCCCCCCCCCCCCCCCCCCCCCCCCCCCCCCC. The quantitative estimate of drug-likeness (QED) is 0.0420. The van der Waals surface area contributed by atoms with E-state index < -0.39 is 12.1 Å². The number of nitrogens with one attached hydrogen (secondary N) is 1. The fourth-order valence-electron chi connectivity index (χ4n) is 10.1. The third-order valence-electron chi connectivity index (χ3n) is 14.9. The Hall–Kier alpha value is -1.13. The van der Waals surface area contributed by atoms with Gasteiger partial charge >= 0.3 is 0 Å². The van der Waals surface area contributed by atoms with Crippen LogP contribution in [-0.4, -0.2) is 34.9 Å². The number of carbonyl (C=O) groups is 1. The summed E-state index contributed by atoms with van der Waals surface area (Å²) in [6, 6.07) is -0.636. The minimum absolute atomic E-state index is 0.0670. The molecule has 0 aromatic carbocycles. The smallest absolute Gasteiger partial charge is 0.220 e. The van der Waals surface area contributed by atoms with E-state index in [1.165, 1.54) is 308 Å². The van der Waals surface area contributed by atoms with Crippen LogP contribution in [-0.2, 0) is 4.79 Å². The van der Waals surface area contributed by atoms with Crippen LogP contribution in [0.25, 0.3) is 0 Å². The van der Waals surface area contributed by atoms with Gasteiger partial charge in [-0.3, -0.25) is 4.79 Å². The number of allylic oxidation sites excluding steroid dienone is 3. The van der Waals surface area contributed by atoms with Gasteiger partial charge in [0.2, 0.25) is 5.91 Å². The van der Waals surface area contributed by atoms with Gasteiger partial charge in [-0.15, -0.1) is 0 Å². The molecule has 0 bridgehead atoms. The van der Waals surface area contributed by atoms with Gasteiger partial charge in [0, 0.05) is 6.42 Å². The van der Waals surface area contributed by atoms with Crippen LogP contribution in [0.15, 0.2) is 24.3 Å². The van der Waals surface area contributed by atoms with Crippen LogP contribution in [0.2, 0.25) is 0 Å². The topological polar surface area (TPSA) is 69.6 Å². The molecule has 1 amide bonds. The number of amides is 1. The van der Waals surface area contributed by atoms with Crippen molar-refractivity contribution in [1.29, 1.82) is 0 Å². The van der Waals surface area contributed by atoms with E-state index in [1.807, 2.05) is 6.08 Å². The molecule has 0 fully saturated rings. The van der Waals surface area contributed by atoms with E-state index in [4.69, 9.17) is 0 Å². The Kier molecular flexibility index (Phi) is 59.2. The largest absolute Gasteiger partial charge is 0.394 e. The van der Waals surface area contributed by atoms with Crippen molar-refractivity contribution in [3.8, 4) is 0 Å². The maximum absolute atomic E-state index is 12.5. The molecule has 0 aromatic heterocycles. The van der Waals surface area contributed by atoms with Crippen LogP contribution in [0.3, 0.4) is 0 Å². The van der Waals surface area contributed by atoms with E-state index in [1.54, 1.807) is 6.08 Å². The minimum atomic E-state index is -0.859. The second-order valence-corrected chi connectivity index (χ2v) is 21.8. The monoisotopic (exact) mass is 956 g/mol. The van der Waals surface area contributed by atoms with Crippen LogP contribution in [0.1, 0.15) is 361 Å². The molecule has 0 spiro atoms. The molecule has 68 heavy (non-hydrogen) atoms. The van der Waals surface area contributed by atoms with Crippen LogP contribution >= 0.6 is 0 Å². The average Bonchev–Trinajstić information content (AvgIpc) is 3.34. The maximum atomic E-state index is 12.5. The highest BCUT2D eigenvalue weighted by atomic mass is 16.3. The van der Waals surface area contributed by atoms with E-state index in [-0.39, 0.29) is 12.5 Å². The number of hydrogen-bond acceptors (Lipinski definition) is 3. The van der Waals surface area contributed by atoms with Gasteiger partial charge in [-0.2, -0.15) is 0 Å².